The molecule has 1 aromatic heterocycles. The van der Waals surface area contributed by atoms with Crippen LogP contribution in [0.4, 0.5) is 10.1 Å². The lowest BCUT2D eigenvalue weighted by molar-refractivity contribution is 0.0985. The van der Waals surface area contributed by atoms with E-state index in [1.807, 2.05) is 0 Å². The van der Waals surface area contributed by atoms with E-state index >= 15 is 0 Å². The minimum atomic E-state index is -0.475. The number of carbonyl (C=O) groups is 2. The van der Waals surface area contributed by atoms with Gasteiger partial charge in [-0.15, -0.1) is 0 Å². The number of phenols is 1. The molecule has 6 nitrogen and oxygen atoms in total. The first-order valence-electron chi connectivity index (χ1n) is 8.38. The summed E-state index contributed by atoms with van der Waals surface area (Å²) in [7, 11) is 0. The van der Waals surface area contributed by atoms with Gasteiger partial charge in [0.25, 0.3) is 5.91 Å². The second-order valence-corrected chi connectivity index (χ2v) is 5.99. The molecule has 138 valence electrons. The molecule has 0 aliphatic heterocycles. The molecule has 2 N–H and O–H groups in total. The number of ketones is 1. The van der Waals surface area contributed by atoms with E-state index in [4.69, 9.17) is 0 Å². The van der Waals surface area contributed by atoms with Crippen LogP contribution < -0.4 is 5.32 Å². The molecule has 0 unspecified atom stereocenters. The van der Waals surface area contributed by atoms with Gasteiger partial charge in [-0.25, -0.2) is 9.07 Å². The molecule has 3 rings (SSSR count). The van der Waals surface area contributed by atoms with Gasteiger partial charge in [-0.2, -0.15) is 5.10 Å². The molecule has 0 saturated carbocycles. The number of benzene rings is 2. The third kappa shape index (κ3) is 3.72. The van der Waals surface area contributed by atoms with Crippen molar-refractivity contribution in [3.05, 3.63) is 71.3 Å². The van der Waals surface area contributed by atoms with E-state index in [-0.39, 0.29) is 23.0 Å². The van der Waals surface area contributed by atoms with Crippen molar-refractivity contribution < 1.29 is 19.1 Å². The molecule has 0 saturated heterocycles. The number of carbonyl (C=O) groups excluding carboxylic acids is 2. The first-order valence-corrected chi connectivity index (χ1v) is 8.38. The highest BCUT2D eigenvalue weighted by Crippen LogP contribution is 2.26. The van der Waals surface area contributed by atoms with Crippen molar-refractivity contribution in [3.8, 4) is 11.4 Å². The predicted octanol–water partition coefficient (Wildman–Crippen LogP) is 3.87. The normalized spacial score (nSPS) is 10.6. The van der Waals surface area contributed by atoms with Gasteiger partial charge in [0.05, 0.1) is 28.8 Å². The van der Waals surface area contributed by atoms with Crippen LogP contribution in [-0.2, 0) is 0 Å². The van der Waals surface area contributed by atoms with Crippen LogP contribution in [0.5, 0.6) is 5.75 Å². The van der Waals surface area contributed by atoms with E-state index in [9.17, 15) is 19.1 Å². The number of aromatic nitrogens is 2. The minimum absolute atomic E-state index is 0.0918. The minimum Gasteiger partial charge on any atom is -0.506 e. The lowest BCUT2D eigenvalue weighted by Crippen LogP contribution is -2.14. The Bertz CT molecular complexity index is 1010. The molecule has 1 heterocycles. The first-order chi connectivity index (χ1) is 12.9. The Kier molecular flexibility index (Phi) is 5.03. The average molecular weight is 367 g/mol. The van der Waals surface area contributed by atoms with Gasteiger partial charge in [0.1, 0.15) is 11.6 Å². The van der Waals surface area contributed by atoms with Crippen molar-refractivity contribution in [1.82, 2.24) is 9.78 Å². The number of aromatic hydroxyl groups is 1. The second-order valence-electron chi connectivity index (χ2n) is 5.99. The summed E-state index contributed by atoms with van der Waals surface area (Å²) in [5.41, 5.74) is 2.02. The lowest BCUT2D eigenvalue weighted by atomic mass is 10.1. The average Bonchev–Trinajstić information content (AvgIpc) is 3.05. The Labute approximate surface area is 155 Å². The number of hydrogen-bond donors (Lipinski definition) is 2. The molecular formula is C20H18FN3O3. The van der Waals surface area contributed by atoms with E-state index in [2.05, 4.69) is 10.4 Å². The highest BCUT2D eigenvalue weighted by molar-refractivity contribution is 6.06. The lowest BCUT2D eigenvalue weighted by Gasteiger charge is -2.09. The van der Waals surface area contributed by atoms with E-state index in [0.717, 1.165) is 0 Å². The van der Waals surface area contributed by atoms with Crippen LogP contribution in [0.15, 0.2) is 48.7 Å². The van der Waals surface area contributed by atoms with Crippen molar-refractivity contribution >= 4 is 17.4 Å². The molecule has 7 heteroatoms. The molecule has 0 aliphatic rings. The van der Waals surface area contributed by atoms with Gasteiger partial charge >= 0.3 is 0 Å². The smallest absolute Gasteiger partial charge is 0.259 e. The van der Waals surface area contributed by atoms with Crippen LogP contribution in [0.25, 0.3) is 5.69 Å². The number of anilines is 1. The van der Waals surface area contributed by atoms with Crippen LogP contribution in [0.1, 0.15) is 39.8 Å². The van der Waals surface area contributed by atoms with Crippen molar-refractivity contribution in [2.75, 3.05) is 5.32 Å². The van der Waals surface area contributed by atoms with E-state index in [1.165, 1.54) is 41.2 Å². The van der Waals surface area contributed by atoms with Gasteiger partial charge < -0.3 is 10.4 Å². The fourth-order valence-corrected chi connectivity index (χ4v) is 2.68. The molecule has 0 aliphatic carbocycles. The van der Waals surface area contributed by atoms with Crippen LogP contribution in [-0.4, -0.2) is 26.6 Å². The van der Waals surface area contributed by atoms with E-state index in [1.54, 1.807) is 26.0 Å². The molecule has 0 bridgehead atoms. The number of rotatable bonds is 5. The van der Waals surface area contributed by atoms with Gasteiger partial charge in [-0.05, 0) is 49.4 Å². The van der Waals surface area contributed by atoms with Crippen molar-refractivity contribution in [3.63, 3.8) is 0 Å². The first kappa shape index (κ1) is 18.3. The zero-order chi connectivity index (χ0) is 19.6. The summed E-state index contributed by atoms with van der Waals surface area (Å²) in [5.74, 6) is -1.07. The number of amides is 1. The summed E-state index contributed by atoms with van der Waals surface area (Å²) in [4.78, 5) is 24.5. The number of hydrogen-bond acceptors (Lipinski definition) is 4. The maximum atomic E-state index is 13.1. The van der Waals surface area contributed by atoms with Gasteiger partial charge in [0.15, 0.2) is 5.78 Å². The Morgan fingerprint density at radius 2 is 1.89 bits per heavy atom. The second kappa shape index (κ2) is 7.41. The molecule has 3 aromatic rings. The fraction of sp³-hybridized carbons (Fsp3) is 0.150. The maximum absolute atomic E-state index is 13.1. The van der Waals surface area contributed by atoms with Gasteiger partial charge in [0.2, 0.25) is 0 Å². The predicted molar refractivity (Wildman–Crippen MR) is 98.9 cm³/mol. The van der Waals surface area contributed by atoms with Crippen LogP contribution in [0.3, 0.4) is 0 Å². The fourth-order valence-electron chi connectivity index (χ4n) is 2.68. The molecule has 0 atom stereocenters. The summed E-state index contributed by atoms with van der Waals surface area (Å²) >= 11 is 0. The van der Waals surface area contributed by atoms with Crippen LogP contribution in [0.2, 0.25) is 0 Å². The summed E-state index contributed by atoms with van der Waals surface area (Å²) in [6.07, 6.45) is 1.72. The third-order valence-electron chi connectivity index (χ3n) is 4.21. The number of nitrogens with zero attached hydrogens (tertiary/aromatic N) is 2. The summed E-state index contributed by atoms with van der Waals surface area (Å²) in [6.45, 7) is 3.45. The van der Waals surface area contributed by atoms with Crippen molar-refractivity contribution in [2.24, 2.45) is 0 Å². The van der Waals surface area contributed by atoms with Gasteiger partial charge in [0, 0.05) is 12.0 Å². The molecule has 27 heavy (non-hydrogen) atoms. The standard InChI is InChI=1S/C20H18FN3O3/c1-3-18(25)13-4-9-19(26)17(10-13)23-20(27)16-11-22-24(12(16)2)15-7-5-14(21)6-8-15/h4-11,26H,3H2,1-2H3,(H,23,27). The number of halogens is 1. The number of phenolic OH excluding ortho intramolecular Hbond substituents is 1. The molecule has 2 aromatic carbocycles. The summed E-state index contributed by atoms with van der Waals surface area (Å²) < 4.78 is 14.6. The van der Waals surface area contributed by atoms with Gasteiger partial charge in [-0.3, -0.25) is 9.59 Å². The van der Waals surface area contributed by atoms with E-state index < -0.39 is 5.91 Å². The monoisotopic (exact) mass is 367 g/mol. The third-order valence-corrected chi connectivity index (χ3v) is 4.21. The van der Waals surface area contributed by atoms with Gasteiger partial charge in [-0.1, -0.05) is 6.92 Å². The summed E-state index contributed by atoms with van der Waals surface area (Å²) in [5, 5.41) is 16.8. The number of Topliss-reactive ketones (excluding diaryl/α,β-unsaturated/α-hetero) is 1. The molecule has 0 fully saturated rings. The molecule has 0 radical (unpaired) electrons. The quantitative estimate of drug-likeness (QED) is 0.530. The largest absolute Gasteiger partial charge is 0.506 e. The zero-order valence-electron chi connectivity index (χ0n) is 14.9. The zero-order valence-corrected chi connectivity index (χ0v) is 14.9. The van der Waals surface area contributed by atoms with Crippen molar-refractivity contribution in [2.45, 2.75) is 20.3 Å². The Hall–Kier alpha value is -3.48. The Balaban J connectivity index is 1.87. The highest BCUT2D eigenvalue weighted by Gasteiger charge is 2.17. The Morgan fingerprint density at radius 1 is 1.19 bits per heavy atom. The van der Waals surface area contributed by atoms with Crippen LogP contribution in [0, 0.1) is 12.7 Å². The van der Waals surface area contributed by atoms with E-state index in [0.29, 0.717) is 28.9 Å². The number of nitrogens with one attached hydrogen (secondary N) is 1. The molecule has 1 amide bonds. The van der Waals surface area contributed by atoms with Crippen molar-refractivity contribution in [1.29, 1.82) is 0 Å². The summed E-state index contributed by atoms with van der Waals surface area (Å²) in [6, 6.07) is 10.1. The molecule has 0 spiro atoms. The highest BCUT2D eigenvalue weighted by atomic mass is 19.1. The molecular weight excluding hydrogens is 349 g/mol. The maximum Gasteiger partial charge on any atom is 0.259 e. The Morgan fingerprint density at radius 3 is 2.56 bits per heavy atom. The van der Waals surface area contributed by atoms with Crippen LogP contribution >= 0.6 is 0 Å². The SMILES string of the molecule is CCC(=O)c1ccc(O)c(NC(=O)c2cnn(-c3ccc(F)cc3)c2C)c1. The topological polar surface area (TPSA) is 84.2 Å².